The number of pyridine rings is 1. The van der Waals surface area contributed by atoms with E-state index in [2.05, 4.69) is 22.1 Å². The summed E-state index contributed by atoms with van der Waals surface area (Å²) in [6.45, 7) is 2.80. The lowest BCUT2D eigenvalue weighted by Crippen LogP contribution is -2.03. The van der Waals surface area contributed by atoms with Crippen molar-refractivity contribution in [1.29, 1.82) is 0 Å². The lowest BCUT2D eigenvalue weighted by molar-refractivity contribution is 0.408. The van der Waals surface area contributed by atoms with Gasteiger partial charge in [0.25, 0.3) is 0 Å². The molecule has 1 aromatic carbocycles. The van der Waals surface area contributed by atoms with Crippen LogP contribution in [0.4, 0.5) is 0 Å². The maximum atomic E-state index is 5.41. The minimum atomic E-state index is 0.706. The van der Waals surface area contributed by atoms with Crippen LogP contribution in [0, 0.1) is 11.7 Å². The van der Waals surface area contributed by atoms with Gasteiger partial charge in [0.05, 0.1) is 12.6 Å². The van der Waals surface area contributed by atoms with Crippen LogP contribution in [0.3, 0.4) is 0 Å². The second kappa shape index (κ2) is 5.69. The Morgan fingerprint density at radius 1 is 1.33 bits per heavy atom. The first kappa shape index (κ1) is 13.8. The number of aryl methyl sites for hydroxylation is 3. The molecule has 0 fully saturated rings. The quantitative estimate of drug-likeness (QED) is 0.748. The monoisotopic (exact) mass is 299 g/mol. The summed E-state index contributed by atoms with van der Waals surface area (Å²) >= 11 is 5.41. The highest BCUT2D eigenvalue weighted by molar-refractivity contribution is 7.71. The molecule has 0 spiro atoms. The van der Waals surface area contributed by atoms with Crippen LogP contribution in [0.5, 0.6) is 5.75 Å². The number of benzene rings is 1. The number of ether oxygens (including phenoxy) is 1. The van der Waals surface area contributed by atoms with Gasteiger partial charge in [0.2, 0.25) is 0 Å². The van der Waals surface area contributed by atoms with E-state index in [9.17, 15) is 0 Å². The van der Waals surface area contributed by atoms with Crippen LogP contribution in [0.15, 0.2) is 36.5 Å². The van der Waals surface area contributed by atoms with Gasteiger partial charge in [-0.2, -0.15) is 0 Å². The normalized spacial score (nSPS) is 11.0. The van der Waals surface area contributed by atoms with E-state index in [1.54, 1.807) is 7.11 Å². The van der Waals surface area contributed by atoms with Gasteiger partial charge in [0.1, 0.15) is 5.75 Å². The predicted octanol–water partition coefficient (Wildman–Crippen LogP) is 3.65. The zero-order chi connectivity index (χ0) is 14.8. The second-order valence-corrected chi connectivity index (χ2v) is 5.41. The summed E-state index contributed by atoms with van der Waals surface area (Å²) < 4.78 is 8.13. The smallest absolute Gasteiger partial charge is 0.179 e. The zero-order valence-corrected chi connectivity index (χ0v) is 12.9. The molecule has 0 aliphatic heterocycles. The lowest BCUT2D eigenvalue weighted by Gasteiger charge is -2.09. The summed E-state index contributed by atoms with van der Waals surface area (Å²) in [5.74, 6) is 0.910. The molecule has 0 amide bonds. The summed E-state index contributed by atoms with van der Waals surface area (Å²) in [6.07, 6.45) is 2.71. The molecule has 1 N–H and O–H groups in total. The van der Waals surface area contributed by atoms with E-state index >= 15 is 0 Å². The van der Waals surface area contributed by atoms with Crippen molar-refractivity contribution in [2.75, 3.05) is 7.11 Å². The first-order valence-electron chi connectivity index (χ1n) is 6.86. The van der Waals surface area contributed by atoms with Crippen molar-refractivity contribution in [2.45, 2.75) is 19.9 Å². The van der Waals surface area contributed by atoms with Crippen molar-refractivity contribution in [3.8, 4) is 5.75 Å². The lowest BCUT2D eigenvalue weighted by atomic mass is 10.1. The third-order valence-corrected chi connectivity index (χ3v) is 3.87. The maximum Gasteiger partial charge on any atom is 0.179 e. The number of aromatic nitrogens is 3. The van der Waals surface area contributed by atoms with E-state index in [4.69, 9.17) is 17.0 Å². The Hall–Kier alpha value is -2.14. The highest BCUT2D eigenvalue weighted by atomic mass is 32.1. The first-order chi connectivity index (χ1) is 10.2. The SMILES string of the molecule is COc1ccccc1CCn1c(=S)[nH]c2cc(C)cnc21. The molecule has 4 nitrogen and oxygen atoms in total. The van der Waals surface area contributed by atoms with Crippen molar-refractivity contribution in [1.82, 2.24) is 14.5 Å². The van der Waals surface area contributed by atoms with E-state index in [-0.39, 0.29) is 0 Å². The molecular weight excluding hydrogens is 282 g/mol. The topological polar surface area (TPSA) is 42.8 Å². The van der Waals surface area contributed by atoms with Crippen LogP contribution < -0.4 is 4.74 Å². The van der Waals surface area contributed by atoms with Gasteiger partial charge >= 0.3 is 0 Å². The summed E-state index contributed by atoms with van der Waals surface area (Å²) in [6, 6.07) is 10.1. The standard InChI is InChI=1S/C16H17N3OS/c1-11-9-13-15(17-10-11)19(16(21)18-13)8-7-12-5-3-4-6-14(12)20-2/h3-6,9-10H,7-8H2,1-2H3,(H,18,21). The molecule has 108 valence electrons. The fourth-order valence-corrected chi connectivity index (χ4v) is 2.78. The Morgan fingerprint density at radius 2 is 2.14 bits per heavy atom. The average molecular weight is 299 g/mol. The van der Waals surface area contributed by atoms with Crippen molar-refractivity contribution in [2.24, 2.45) is 0 Å². The third kappa shape index (κ3) is 2.69. The fraction of sp³-hybridized carbons (Fsp3) is 0.250. The van der Waals surface area contributed by atoms with Crippen molar-refractivity contribution in [3.63, 3.8) is 0 Å². The van der Waals surface area contributed by atoms with E-state index in [0.29, 0.717) is 4.77 Å². The molecule has 3 aromatic rings. The van der Waals surface area contributed by atoms with E-state index in [1.807, 2.05) is 35.9 Å². The van der Waals surface area contributed by atoms with Crippen LogP contribution >= 0.6 is 12.2 Å². The number of rotatable bonds is 4. The largest absolute Gasteiger partial charge is 0.496 e. The number of hydrogen-bond acceptors (Lipinski definition) is 3. The molecule has 2 aromatic heterocycles. The molecule has 0 atom stereocenters. The molecule has 3 rings (SSSR count). The van der Waals surface area contributed by atoms with Crippen molar-refractivity contribution < 1.29 is 4.74 Å². The number of imidazole rings is 1. The predicted molar refractivity (Wildman–Crippen MR) is 86.4 cm³/mol. The molecule has 0 saturated heterocycles. The zero-order valence-electron chi connectivity index (χ0n) is 12.1. The Bertz CT molecular complexity index is 835. The molecule has 0 saturated carbocycles. The number of methoxy groups -OCH3 is 1. The number of nitrogens with zero attached hydrogens (tertiary/aromatic N) is 2. The molecule has 2 heterocycles. The summed E-state index contributed by atoms with van der Waals surface area (Å²) in [5.41, 5.74) is 4.18. The number of hydrogen-bond donors (Lipinski definition) is 1. The van der Waals surface area contributed by atoms with Gasteiger partial charge in [0, 0.05) is 12.7 Å². The summed E-state index contributed by atoms with van der Waals surface area (Å²) in [5, 5.41) is 0. The van der Waals surface area contributed by atoms with Gasteiger partial charge in [-0.05, 0) is 48.8 Å². The highest BCUT2D eigenvalue weighted by Crippen LogP contribution is 2.20. The molecule has 0 unspecified atom stereocenters. The highest BCUT2D eigenvalue weighted by Gasteiger charge is 2.08. The summed E-state index contributed by atoms with van der Waals surface area (Å²) in [7, 11) is 1.69. The maximum absolute atomic E-state index is 5.41. The average Bonchev–Trinajstić information content (AvgIpc) is 2.80. The van der Waals surface area contributed by atoms with Gasteiger partial charge in [-0.3, -0.25) is 0 Å². The third-order valence-electron chi connectivity index (χ3n) is 3.54. The van der Waals surface area contributed by atoms with Crippen LogP contribution in [-0.4, -0.2) is 21.6 Å². The molecular formula is C16H17N3OS. The van der Waals surface area contributed by atoms with Crippen molar-refractivity contribution in [3.05, 3.63) is 52.4 Å². The number of para-hydroxylation sites is 1. The van der Waals surface area contributed by atoms with Gasteiger partial charge in [-0.25, -0.2) is 4.98 Å². The van der Waals surface area contributed by atoms with Crippen LogP contribution in [0.25, 0.3) is 11.2 Å². The molecule has 0 radical (unpaired) electrons. The number of fused-ring (bicyclic) bond motifs is 1. The molecule has 21 heavy (non-hydrogen) atoms. The molecule has 0 bridgehead atoms. The second-order valence-electron chi connectivity index (χ2n) is 5.03. The Kier molecular flexibility index (Phi) is 3.75. The Labute approximate surface area is 128 Å². The Balaban J connectivity index is 1.92. The first-order valence-corrected chi connectivity index (χ1v) is 7.27. The van der Waals surface area contributed by atoms with E-state index in [1.165, 1.54) is 5.56 Å². The van der Waals surface area contributed by atoms with Crippen molar-refractivity contribution >= 4 is 23.4 Å². The van der Waals surface area contributed by atoms with Crippen LogP contribution in [0.2, 0.25) is 0 Å². The minimum absolute atomic E-state index is 0.706. The molecule has 0 aliphatic carbocycles. The molecule has 0 aliphatic rings. The van der Waals surface area contributed by atoms with E-state index in [0.717, 1.165) is 35.4 Å². The van der Waals surface area contributed by atoms with Gasteiger partial charge < -0.3 is 14.3 Å². The fourth-order valence-electron chi connectivity index (χ4n) is 2.50. The summed E-state index contributed by atoms with van der Waals surface area (Å²) in [4.78, 5) is 7.71. The van der Waals surface area contributed by atoms with E-state index < -0.39 is 0 Å². The van der Waals surface area contributed by atoms with Gasteiger partial charge in [0.15, 0.2) is 10.4 Å². The number of aromatic amines is 1. The number of nitrogens with one attached hydrogen (secondary N) is 1. The van der Waals surface area contributed by atoms with Gasteiger partial charge in [-0.1, -0.05) is 18.2 Å². The molecule has 5 heteroatoms. The number of H-pyrrole nitrogens is 1. The van der Waals surface area contributed by atoms with Crippen LogP contribution in [0.1, 0.15) is 11.1 Å². The van der Waals surface area contributed by atoms with Crippen LogP contribution in [-0.2, 0) is 13.0 Å². The minimum Gasteiger partial charge on any atom is -0.496 e. The Morgan fingerprint density at radius 3 is 2.95 bits per heavy atom. The van der Waals surface area contributed by atoms with Gasteiger partial charge in [-0.15, -0.1) is 0 Å².